The summed E-state index contributed by atoms with van der Waals surface area (Å²) in [5, 5.41) is 13.8. The average molecular weight is 327 g/mol. The van der Waals surface area contributed by atoms with Gasteiger partial charge in [-0.25, -0.2) is 0 Å². The Balaban J connectivity index is 1.51. The molecule has 2 N–H and O–H groups in total. The van der Waals surface area contributed by atoms with Crippen LogP contribution in [-0.2, 0) is 11.3 Å². The van der Waals surface area contributed by atoms with Crippen molar-refractivity contribution in [3.63, 3.8) is 0 Å². The van der Waals surface area contributed by atoms with E-state index in [-0.39, 0.29) is 0 Å². The number of benzene rings is 2. The van der Waals surface area contributed by atoms with Gasteiger partial charge in [0.1, 0.15) is 12.4 Å². The summed E-state index contributed by atoms with van der Waals surface area (Å²) in [6, 6.07) is 18.2. The number of aliphatic hydroxyl groups excluding tert-OH is 1. The Hall–Kier alpha value is -1.88. The molecule has 1 heterocycles. The Morgan fingerprint density at radius 3 is 2.67 bits per heavy atom. The molecule has 2 aromatic carbocycles. The highest BCUT2D eigenvalue weighted by Crippen LogP contribution is 2.20. The minimum absolute atomic E-state index is 0.436. The zero-order chi connectivity index (χ0) is 16.6. The normalized spacial score (nSPS) is 16.7. The summed E-state index contributed by atoms with van der Waals surface area (Å²) in [4.78, 5) is 0. The van der Waals surface area contributed by atoms with Crippen LogP contribution < -0.4 is 10.1 Å². The van der Waals surface area contributed by atoms with Gasteiger partial charge in [-0.3, -0.25) is 0 Å². The third-order valence-corrected chi connectivity index (χ3v) is 4.31. The van der Waals surface area contributed by atoms with E-state index in [4.69, 9.17) is 9.47 Å². The number of aliphatic hydroxyl groups is 1. The standard InChI is InChI=1S/C20H25NO3/c22-20(14-21-18-9-11-23-12-10-18)17-7-4-8-19(13-17)24-15-16-5-2-1-3-6-16/h1-8,13,18,20-22H,9-12,14-15H2. The average Bonchev–Trinajstić information content (AvgIpc) is 2.66. The van der Waals surface area contributed by atoms with E-state index >= 15 is 0 Å². The van der Waals surface area contributed by atoms with Gasteiger partial charge in [0.15, 0.2) is 0 Å². The molecule has 128 valence electrons. The maximum Gasteiger partial charge on any atom is 0.120 e. The Bertz CT molecular complexity index is 611. The summed E-state index contributed by atoms with van der Waals surface area (Å²) in [6.45, 7) is 2.68. The van der Waals surface area contributed by atoms with Gasteiger partial charge in [0.25, 0.3) is 0 Å². The van der Waals surface area contributed by atoms with Crippen LogP contribution >= 0.6 is 0 Å². The van der Waals surface area contributed by atoms with Crippen LogP contribution in [0.15, 0.2) is 54.6 Å². The van der Waals surface area contributed by atoms with Crippen LogP contribution in [0.25, 0.3) is 0 Å². The first-order valence-corrected chi connectivity index (χ1v) is 8.57. The number of ether oxygens (including phenoxy) is 2. The number of nitrogens with one attached hydrogen (secondary N) is 1. The molecule has 1 saturated heterocycles. The second-order valence-electron chi connectivity index (χ2n) is 6.16. The Morgan fingerprint density at radius 1 is 1.08 bits per heavy atom. The summed E-state index contributed by atoms with van der Waals surface area (Å²) < 4.78 is 11.2. The van der Waals surface area contributed by atoms with E-state index < -0.39 is 6.10 Å². The molecule has 0 radical (unpaired) electrons. The van der Waals surface area contributed by atoms with Crippen molar-refractivity contribution >= 4 is 0 Å². The fourth-order valence-electron chi connectivity index (χ4n) is 2.85. The molecule has 0 spiro atoms. The van der Waals surface area contributed by atoms with E-state index in [9.17, 15) is 5.11 Å². The minimum atomic E-state index is -0.534. The second-order valence-corrected chi connectivity index (χ2v) is 6.16. The molecule has 2 aromatic rings. The SMILES string of the molecule is OC(CNC1CCOCC1)c1cccc(OCc2ccccc2)c1. The molecule has 1 unspecified atom stereocenters. The molecule has 3 rings (SSSR count). The van der Waals surface area contributed by atoms with E-state index in [2.05, 4.69) is 5.32 Å². The summed E-state index contributed by atoms with van der Waals surface area (Å²) in [5.74, 6) is 0.779. The van der Waals surface area contributed by atoms with E-state index in [1.165, 1.54) is 0 Å². The third-order valence-electron chi connectivity index (χ3n) is 4.31. The van der Waals surface area contributed by atoms with Crippen LogP contribution in [-0.4, -0.2) is 30.9 Å². The van der Waals surface area contributed by atoms with Crippen LogP contribution in [0.1, 0.15) is 30.1 Å². The molecule has 1 fully saturated rings. The van der Waals surface area contributed by atoms with Gasteiger partial charge in [-0.2, -0.15) is 0 Å². The highest BCUT2D eigenvalue weighted by atomic mass is 16.5. The fourth-order valence-corrected chi connectivity index (χ4v) is 2.85. The van der Waals surface area contributed by atoms with Crippen LogP contribution in [0.5, 0.6) is 5.75 Å². The Labute approximate surface area is 143 Å². The lowest BCUT2D eigenvalue weighted by Crippen LogP contribution is -2.37. The van der Waals surface area contributed by atoms with Gasteiger partial charge < -0.3 is 19.9 Å². The molecule has 1 aliphatic rings. The van der Waals surface area contributed by atoms with Crippen LogP contribution in [0.4, 0.5) is 0 Å². The van der Waals surface area contributed by atoms with Gasteiger partial charge in [0.2, 0.25) is 0 Å². The Morgan fingerprint density at radius 2 is 1.88 bits per heavy atom. The van der Waals surface area contributed by atoms with E-state index in [1.807, 2.05) is 54.6 Å². The first-order valence-electron chi connectivity index (χ1n) is 8.57. The van der Waals surface area contributed by atoms with Gasteiger partial charge in [-0.1, -0.05) is 42.5 Å². The molecular weight excluding hydrogens is 302 g/mol. The highest BCUT2D eigenvalue weighted by Gasteiger charge is 2.15. The molecule has 0 bridgehead atoms. The largest absolute Gasteiger partial charge is 0.489 e. The van der Waals surface area contributed by atoms with Crippen molar-refractivity contribution in [2.24, 2.45) is 0 Å². The molecule has 1 aliphatic heterocycles. The van der Waals surface area contributed by atoms with Crippen LogP contribution in [0.2, 0.25) is 0 Å². The molecule has 1 atom stereocenters. The summed E-state index contributed by atoms with van der Waals surface area (Å²) >= 11 is 0. The second kappa shape index (κ2) is 8.83. The molecule has 0 amide bonds. The predicted octanol–water partition coefficient (Wildman–Crippen LogP) is 3.07. The van der Waals surface area contributed by atoms with Crippen molar-refractivity contribution in [1.82, 2.24) is 5.32 Å². The lowest BCUT2D eigenvalue weighted by atomic mass is 10.1. The first kappa shape index (κ1) is 17.0. The monoisotopic (exact) mass is 327 g/mol. The zero-order valence-electron chi connectivity index (χ0n) is 13.9. The number of hydrogen-bond donors (Lipinski definition) is 2. The third kappa shape index (κ3) is 5.06. The molecule has 0 saturated carbocycles. The van der Waals surface area contributed by atoms with Gasteiger partial charge in [0.05, 0.1) is 6.10 Å². The van der Waals surface area contributed by atoms with Crippen molar-refractivity contribution < 1.29 is 14.6 Å². The smallest absolute Gasteiger partial charge is 0.120 e. The van der Waals surface area contributed by atoms with Crippen molar-refractivity contribution in [3.8, 4) is 5.75 Å². The molecule has 0 aromatic heterocycles. The van der Waals surface area contributed by atoms with E-state index in [0.29, 0.717) is 19.2 Å². The van der Waals surface area contributed by atoms with E-state index in [1.54, 1.807) is 0 Å². The van der Waals surface area contributed by atoms with Crippen LogP contribution in [0, 0.1) is 0 Å². The van der Waals surface area contributed by atoms with Gasteiger partial charge in [-0.15, -0.1) is 0 Å². The summed E-state index contributed by atoms with van der Waals surface area (Å²) in [5.41, 5.74) is 2.00. The van der Waals surface area contributed by atoms with E-state index in [0.717, 1.165) is 42.9 Å². The lowest BCUT2D eigenvalue weighted by Gasteiger charge is -2.24. The number of rotatable bonds is 7. The fraction of sp³-hybridized carbons (Fsp3) is 0.400. The van der Waals surface area contributed by atoms with Gasteiger partial charge in [0, 0.05) is 25.8 Å². The van der Waals surface area contributed by atoms with Gasteiger partial charge in [-0.05, 0) is 36.1 Å². The maximum absolute atomic E-state index is 10.4. The van der Waals surface area contributed by atoms with Crippen molar-refractivity contribution in [1.29, 1.82) is 0 Å². The zero-order valence-corrected chi connectivity index (χ0v) is 13.9. The molecule has 4 heteroatoms. The maximum atomic E-state index is 10.4. The molecule has 0 aliphatic carbocycles. The van der Waals surface area contributed by atoms with Crippen molar-refractivity contribution in [2.45, 2.75) is 31.6 Å². The van der Waals surface area contributed by atoms with Crippen molar-refractivity contribution in [2.75, 3.05) is 19.8 Å². The molecule has 4 nitrogen and oxygen atoms in total. The lowest BCUT2D eigenvalue weighted by molar-refractivity contribution is 0.0724. The van der Waals surface area contributed by atoms with Crippen LogP contribution in [0.3, 0.4) is 0 Å². The quantitative estimate of drug-likeness (QED) is 0.821. The predicted molar refractivity (Wildman–Crippen MR) is 94.0 cm³/mol. The Kier molecular flexibility index (Phi) is 6.24. The summed E-state index contributed by atoms with van der Waals surface area (Å²) in [7, 11) is 0. The van der Waals surface area contributed by atoms with Crippen molar-refractivity contribution in [3.05, 3.63) is 65.7 Å². The highest BCUT2D eigenvalue weighted by molar-refractivity contribution is 5.30. The molecular formula is C20H25NO3. The summed E-state index contributed by atoms with van der Waals surface area (Å²) in [6.07, 6.45) is 1.48. The minimum Gasteiger partial charge on any atom is -0.489 e. The van der Waals surface area contributed by atoms with Gasteiger partial charge >= 0.3 is 0 Å². The topological polar surface area (TPSA) is 50.7 Å². The number of hydrogen-bond acceptors (Lipinski definition) is 4. The first-order chi connectivity index (χ1) is 11.8. The molecule has 24 heavy (non-hydrogen) atoms.